The maximum Gasteiger partial charge on any atom is 0.221 e. The molecule has 0 fully saturated rings. The minimum absolute atomic E-state index is 0.0795. The van der Waals surface area contributed by atoms with E-state index < -0.39 is 34.7 Å². The first-order valence-corrected chi connectivity index (χ1v) is 8.74. The van der Waals surface area contributed by atoms with E-state index in [0.29, 0.717) is 35.6 Å². The SMILES string of the molecule is CCn1c(C(C)(C)Oc2c(F)cc(F)cc2F)nc2cc(CC(N)=O)ccc21. The van der Waals surface area contributed by atoms with E-state index in [1.807, 2.05) is 17.6 Å². The highest BCUT2D eigenvalue weighted by Gasteiger charge is 2.32. The van der Waals surface area contributed by atoms with Crippen molar-refractivity contribution in [1.29, 1.82) is 0 Å². The van der Waals surface area contributed by atoms with Gasteiger partial charge >= 0.3 is 0 Å². The summed E-state index contributed by atoms with van der Waals surface area (Å²) in [6.07, 6.45) is 0.0795. The van der Waals surface area contributed by atoms with Crippen LogP contribution < -0.4 is 10.5 Å². The van der Waals surface area contributed by atoms with E-state index in [-0.39, 0.29) is 6.42 Å². The Balaban J connectivity index is 2.06. The Labute approximate surface area is 159 Å². The number of carbonyl (C=O) groups is 1. The summed E-state index contributed by atoms with van der Waals surface area (Å²) < 4.78 is 48.7. The standard InChI is InChI=1S/C20H20F3N3O2/c1-4-26-16-6-5-11(8-17(24)27)7-15(16)25-19(26)20(2,3)28-18-13(22)9-12(21)10-14(18)23/h5-7,9-10H,4,8H2,1-3H3,(H2,24,27). The lowest BCUT2D eigenvalue weighted by atomic mass is 10.1. The van der Waals surface area contributed by atoms with Crippen LogP contribution in [0.25, 0.3) is 11.0 Å². The third kappa shape index (κ3) is 3.67. The van der Waals surface area contributed by atoms with Crippen molar-refractivity contribution in [3.05, 3.63) is 59.2 Å². The van der Waals surface area contributed by atoms with E-state index in [2.05, 4.69) is 4.98 Å². The van der Waals surface area contributed by atoms with Gasteiger partial charge in [0, 0.05) is 18.7 Å². The molecule has 0 saturated heterocycles. The van der Waals surface area contributed by atoms with Crippen LogP contribution in [-0.2, 0) is 23.4 Å². The number of primary amides is 1. The van der Waals surface area contributed by atoms with Crippen molar-refractivity contribution in [2.24, 2.45) is 5.73 Å². The van der Waals surface area contributed by atoms with Gasteiger partial charge in [0.25, 0.3) is 0 Å². The largest absolute Gasteiger partial charge is 0.474 e. The first-order chi connectivity index (χ1) is 13.1. The van der Waals surface area contributed by atoms with Gasteiger partial charge in [0.15, 0.2) is 28.8 Å². The molecule has 0 atom stereocenters. The van der Waals surface area contributed by atoms with Crippen LogP contribution >= 0.6 is 0 Å². The number of hydrogen-bond acceptors (Lipinski definition) is 3. The van der Waals surface area contributed by atoms with Crippen molar-refractivity contribution in [2.75, 3.05) is 0 Å². The fraction of sp³-hybridized carbons (Fsp3) is 0.300. The monoisotopic (exact) mass is 391 g/mol. The maximum absolute atomic E-state index is 14.0. The molecule has 3 aromatic rings. The van der Waals surface area contributed by atoms with E-state index >= 15 is 0 Å². The Kier molecular flexibility index (Phi) is 5.06. The minimum atomic E-state index is -1.22. The summed E-state index contributed by atoms with van der Waals surface area (Å²) in [5.74, 6) is -3.98. The van der Waals surface area contributed by atoms with Crippen molar-refractivity contribution >= 4 is 16.9 Å². The van der Waals surface area contributed by atoms with Gasteiger partial charge < -0.3 is 15.0 Å². The second-order valence-corrected chi connectivity index (χ2v) is 6.96. The summed E-state index contributed by atoms with van der Waals surface area (Å²) in [6, 6.07) is 6.45. The van der Waals surface area contributed by atoms with Crippen LogP contribution in [0, 0.1) is 17.5 Å². The second kappa shape index (κ2) is 7.18. The van der Waals surface area contributed by atoms with Crippen LogP contribution in [0.15, 0.2) is 30.3 Å². The molecule has 2 aromatic carbocycles. The van der Waals surface area contributed by atoms with E-state index in [0.717, 1.165) is 5.52 Å². The third-order valence-electron chi connectivity index (χ3n) is 4.37. The van der Waals surface area contributed by atoms with Gasteiger partial charge in [0.05, 0.1) is 17.5 Å². The predicted molar refractivity (Wildman–Crippen MR) is 98.3 cm³/mol. The molecule has 0 aliphatic heterocycles. The zero-order valence-electron chi connectivity index (χ0n) is 15.7. The molecule has 0 aliphatic carbocycles. The topological polar surface area (TPSA) is 70.1 Å². The Morgan fingerprint density at radius 3 is 2.39 bits per heavy atom. The lowest BCUT2D eigenvalue weighted by Crippen LogP contribution is -2.30. The van der Waals surface area contributed by atoms with Gasteiger partial charge in [-0.1, -0.05) is 6.07 Å². The number of nitrogens with zero attached hydrogens (tertiary/aromatic N) is 2. The number of rotatable bonds is 6. The highest BCUT2D eigenvalue weighted by atomic mass is 19.1. The van der Waals surface area contributed by atoms with Crippen molar-refractivity contribution in [1.82, 2.24) is 9.55 Å². The molecule has 0 unspecified atom stereocenters. The Morgan fingerprint density at radius 2 is 1.82 bits per heavy atom. The normalized spacial score (nSPS) is 11.8. The van der Waals surface area contributed by atoms with E-state index in [9.17, 15) is 18.0 Å². The van der Waals surface area contributed by atoms with E-state index in [1.165, 1.54) is 0 Å². The van der Waals surface area contributed by atoms with Gasteiger partial charge in [-0.2, -0.15) is 0 Å². The highest BCUT2D eigenvalue weighted by molar-refractivity contribution is 5.81. The van der Waals surface area contributed by atoms with Crippen molar-refractivity contribution in [2.45, 2.75) is 39.3 Å². The number of hydrogen-bond donors (Lipinski definition) is 1. The van der Waals surface area contributed by atoms with Crippen LogP contribution in [0.1, 0.15) is 32.2 Å². The zero-order valence-corrected chi connectivity index (χ0v) is 15.7. The fourth-order valence-corrected chi connectivity index (χ4v) is 3.19. The molecule has 8 heteroatoms. The molecule has 0 spiro atoms. The molecule has 0 aliphatic rings. The predicted octanol–water partition coefficient (Wildman–Crippen LogP) is 3.82. The molecule has 5 nitrogen and oxygen atoms in total. The smallest absolute Gasteiger partial charge is 0.221 e. The molecule has 0 radical (unpaired) electrons. The molecule has 3 rings (SSSR count). The van der Waals surface area contributed by atoms with Crippen LogP contribution in [0.5, 0.6) is 5.75 Å². The molecule has 1 amide bonds. The van der Waals surface area contributed by atoms with E-state index in [4.69, 9.17) is 10.5 Å². The van der Waals surface area contributed by atoms with Crippen molar-refractivity contribution in [3.63, 3.8) is 0 Å². The molecule has 0 saturated carbocycles. The number of amides is 1. The third-order valence-corrected chi connectivity index (χ3v) is 4.37. The highest BCUT2D eigenvalue weighted by Crippen LogP contribution is 2.33. The number of ether oxygens (including phenoxy) is 1. The van der Waals surface area contributed by atoms with Gasteiger partial charge in [0.1, 0.15) is 5.82 Å². The molecule has 0 bridgehead atoms. The number of imidazole rings is 1. The quantitative estimate of drug-likeness (QED) is 0.695. The number of nitrogens with two attached hydrogens (primary N) is 1. The number of aromatic nitrogens is 2. The second-order valence-electron chi connectivity index (χ2n) is 6.96. The number of fused-ring (bicyclic) bond motifs is 1. The fourth-order valence-electron chi connectivity index (χ4n) is 3.19. The lowest BCUT2D eigenvalue weighted by molar-refractivity contribution is -0.117. The summed E-state index contributed by atoms with van der Waals surface area (Å²) in [5.41, 5.74) is 6.11. The average Bonchev–Trinajstić information content (AvgIpc) is 2.96. The number of carbonyl (C=O) groups excluding carboxylic acids is 1. The molecule has 28 heavy (non-hydrogen) atoms. The van der Waals surface area contributed by atoms with Gasteiger partial charge in [0.2, 0.25) is 5.91 Å². The maximum atomic E-state index is 14.0. The molecular formula is C20H20F3N3O2. The Morgan fingerprint density at radius 1 is 1.18 bits per heavy atom. The number of halogens is 3. The average molecular weight is 391 g/mol. The van der Waals surface area contributed by atoms with Crippen LogP contribution in [0.4, 0.5) is 13.2 Å². The van der Waals surface area contributed by atoms with Crippen LogP contribution in [-0.4, -0.2) is 15.5 Å². The minimum Gasteiger partial charge on any atom is -0.474 e. The van der Waals surface area contributed by atoms with Crippen molar-refractivity contribution in [3.8, 4) is 5.75 Å². The number of benzene rings is 2. The Hall–Kier alpha value is -3.03. The summed E-state index contributed by atoms with van der Waals surface area (Å²) in [7, 11) is 0. The van der Waals surface area contributed by atoms with Gasteiger partial charge in [-0.15, -0.1) is 0 Å². The first kappa shape index (κ1) is 19.7. The van der Waals surface area contributed by atoms with Gasteiger partial charge in [-0.3, -0.25) is 4.79 Å². The van der Waals surface area contributed by atoms with Crippen molar-refractivity contribution < 1.29 is 22.7 Å². The molecule has 2 N–H and O–H groups in total. The first-order valence-electron chi connectivity index (χ1n) is 8.74. The lowest BCUT2D eigenvalue weighted by Gasteiger charge is -2.27. The van der Waals surface area contributed by atoms with Crippen LogP contribution in [0.2, 0.25) is 0 Å². The Bertz CT molecular complexity index is 1040. The summed E-state index contributed by atoms with van der Waals surface area (Å²) >= 11 is 0. The summed E-state index contributed by atoms with van der Waals surface area (Å²) in [4.78, 5) is 15.7. The summed E-state index contributed by atoms with van der Waals surface area (Å²) in [6.45, 7) is 5.67. The number of aryl methyl sites for hydroxylation is 1. The van der Waals surface area contributed by atoms with Gasteiger partial charge in [-0.05, 0) is 38.5 Å². The molecule has 148 valence electrons. The molecule has 1 heterocycles. The van der Waals surface area contributed by atoms with E-state index in [1.54, 1.807) is 26.0 Å². The molecular weight excluding hydrogens is 371 g/mol. The van der Waals surface area contributed by atoms with Gasteiger partial charge in [-0.25, -0.2) is 18.2 Å². The molecule has 1 aromatic heterocycles. The van der Waals surface area contributed by atoms with Crippen LogP contribution in [0.3, 0.4) is 0 Å². The summed E-state index contributed by atoms with van der Waals surface area (Å²) in [5, 5.41) is 0. The zero-order chi connectivity index (χ0) is 20.6.